The van der Waals surface area contributed by atoms with Crippen LogP contribution < -0.4 is 0 Å². The zero-order valence-electron chi connectivity index (χ0n) is 24.1. The van der Waals surface area contributed by atoms with Gasteiger partial charge in [0.25, 0.3) is 0 Å². The van der Waals surface area contributed by atoms with Crippen LogP contribution in [0.4, 0.5) is 0 Å². The highest BCUT2D eigenvalue weighted by Gasteiger charge is 2.12. The van der Waals surface area contributed by atoms with Gasteiger partial charge in [-0.2, -0.15) is 0 Å². The zero-order chi connectivity index (χ0) is 24.2. The van der Waals surface area contributed by atoms with Crippen molar-refractivity contribution < 1.29 is 0 Å². The number of hydrogen-bond acceptors (Lipinski definition) is 1. The van der Waals surface area contributed by atoms with Gasteiger partial charge < -0.3 is 4.90 Å². The molecule has 0 heterocycles. The van der Waals surface area contributed by atoms with Crippen molar-refractivity contribution in [1.29, 1.82) is 0 Å². The fourth-order valence-electron chi connectivity index (χ4n) is 5.29. The van der Waals surface area contributed by atoms with Crippen LogP contribution in [-0.4, -0.2) is 24.5 Å². The van der Waals surface area contributed by atoms with E-state index in [2.05, 4.69) is 32.7 Å². The van der Waals surface area contributed by atoms with Crippen LogP contribution in [0.1, 0.15) is 188 Å². The van der Waals surface area contributed by atoms with Crippen molar-refractivity contribution in [3.63, 3.8) is 0 Å². The molecule has 0 bridgehead atoms. The molecule has 0 aromatic heterocycles. The Hall–Kier alpha value is -0.0400. The summed E-state index contributed by atoms with van der Waals surface area (Å²) in [5.41, 5.74) is 0. The quantitative estimate of drug-likeness (QED) is 0.104. The molecule has 0 N–H and O–H groups in total. The molecule has 0 fully saturated rings. The molecule has 0 unspecified atom stereocenters. The summed E-state index contributed by atoms with van der Waals surface area (Å²) in [7, 11) is 2.35. The first-order valence-electron chi connectivity index (χ1n) is 16.0. The highest BCUT2D eigenvalue weighted by atomic mass is 15.1. The largest absolute Gasteiger partial charge is 0.304 e. The van der Waals surface area contributed by atoms with Crippen molar-refractivity contribution in [3.8, 4) is 0 Å². The van der Waals surface area contributed by atoms with Crippen molar-refractivity contribution in [1.82, 2.24) is 4.90 Å². The molecule has 200 valence electrons. The van der Waals surface area contributed by atoms with Gasteiger partial charge in [0.05, 0.1) is 0 Å². The molecule has 0 aromatic carbocycles. The standard InChI is InChI=1S/C32H67N/c1-5-8-10-12-14-16-18-20-22-24-26-28-30-32(33(4)7-3)31-29-27-25-23-21-19-17-15-13-11-9-6-2/h32H,5-31H2,1-4H3. The SMILES string of the molecule is CCCCCCCCCCCCCCC(CCCCCCCCCCCCCC)N(C)CC. The topological polar surface area (TPSA) is 3.24 Å². The maximum absolute atomic E-state index is 2.62. The molecule has 0 aliphatic heterocycles. The Morgan fingerprint density at radius 1 is 0.364 bits per heavy atom. The molecule has 0 saturated carbocycles. The van der Waals surface area contributed by atoms with Crippen molar-refractivity contribution >= 4 is 0 Å². The number of nitrogens with zero attached hydrogens (tertiary/aromatic N) is 1. The van der Waals surface area contributed by atoms with Crippen molar-refractivity contribution in [2.24, 2.45) is 0 Å². The molecule has 1 heteroatoms. The normalized spacial score (nSPS) is 11.8. The van der Waals surface area contributed by atoms with Gasteiger partial charge in [-0.05, 0) is 26.4 Å². The lowest BCUT2D eigenvalue weighted by atomic mass is 9.98. The fraction of sp³-hybridized carbons (Fsp3) is 1.00. The molecule has 0 spiro atoms. The second-order valence-electron chi connectivity index (χ2n) is 11.1. The Balaban J connectivity index is 3.53. The molecule has 0 saturated heterocycles. The molecule has 0 rings (SSSR count). The van der Waals surface area contributed by atoms with E-state index in [-0.39, 0.29) is 0 Å². The average molecular weight is 466 g/mol. The second kappa shape index (κ2) is 28.2. The first-order chi connectivity index (χ1) is 16.3. The lowest BCUT2D eigenvalue weighted by Crippen LogP contribution is -2.31. The van der Waals surface area contributed by atoms with Crippen LogP contribution in [0.15, 0.2) is 0 Å². The van der Waals surface area contributed by atoms with E-state index < -0.39 is 0 Å². The van der Waals surface area contributed by atoms with Gasteiger partial charge >= 0.3 is 0 Å². The Morgan fingerprint density at radius 2 is 0.606 bits per heavy atom. The minimum absolute atomic E-state index is 0.834. The van der Waals surface area contributed by atoms with Gasteiger partial charge in [-0.25, -0.2) is 0 Å². The molecular weight excluding hydrogens is 398 g/mol. The van der Waals surface area contributed by atoms with E-state index in [0.717, 1.165) is 6.04 Å². The minimum Gasteiger partial charge on any atom is -0.304 e. The summed E-state index contributed by atoms with van der Waals surface area (Å²) in [6.07, 6.45) is 37.9. The monoisotopic (exact) mass is 466 g/mol. The second-order valence-corrected chi connectivity index (χ2v) is 11.1. The highest BCUT2D eigenvalue weighted by Crippen LogP contribution is 2.19. The molecule has 33 heavy (non-hydrogen) atoms. The van der Waals surface area contributed by atoms with Crippen LogP contribution in [0, 0.1) is 0 Å². The Bertz CT molecular complexity index is 311. The number of rotatable bonds is 28. The summed E-state index contributed by atoms with van der Waals surface area (Å²) in [6.45, 7) is 8.16. The highest BCUT2D eigenvalue weighted by molar-refractivity contribution is 4.68. The van der Waals surface area contributed by atoms with Gasteiger partial charge in [-0.3, -0.25) is 0 Å². The third kappa shape index (κ3) is 24.9. The molecule has 0 aliphatic carbocycles. The smallest absolute Gasteiger partial charge is 0.00920 e. The molecule has 0 atom stereocenters. The van der Waals surface area contributed by atoms with E-state index in [1.807, 2.05) is 0 Å². The van der Waals surface area contributed by atoms with E-state index >= 15 is 0 Å². The summed E-state index contributed by atoms with van der Waals surface area (Å²) in [5, 5.41) is 0. The van der Waals surface area contributed by atoms with Gasteiger partial charge in [-0.1, -0.05) is 175 Å². The molecule has 1 nitrogen and oxygen atoms in total. The zero-order valence-corrected chi connectivity index (χ0v) is 24.1. The Morgan fingerprint density at radius 3 is 0.848 bits per heavy atom. The van der Waals surface area contributed by atoms with Crippen LogP contribution in [-0.2, 0) is 0 Å². The first-order valence-corrected chi connectivity index (χ1v) is 16.0. The molecule has 0 radical (unpaired) electrons. The molecule has 0 aromatic rings. The number of hydrogen-bond donors (Lipinski definition) is 0. The fourth-order valence-corrected chi connectivity index (χ4v) is 5.29. The van der Waals surface area contributed by atoms with Crippen LogP contribution in [0.5, 0.6) is 0 Å². The van der Waals surface area contributed by atoms with Crippen LogP contribution in [0.2, 0.25) is 0 Å². The van der Waals surface area contributed by atoms with Crippen molar-refractivity contribution in [3.05, 3.63) is 0 Å². The average Bonchev–Trinajstić information content (AvgIpc) is 2.83. The van der Waals surface area contributed by atoms with E-state index in [1.54, 1.807) is 0 Å². The summed E-state index contributed by atoms with van der Waals surface area (Å²) in [4.78, 5) is 2.62. The summed E-state index contributed by atoms with van der Waals surface area (Å²) >= 11 is 0. The summed E-state index contributed by atoms with van der Waals surface area (Å²) < 4.78 is 0. The molecule has 0 aliphatic rings. The Labute approximate surface area is 212 Å². The predicted octanol–water partition coefficient (Wildman–Crippen LogP) is 11.5. The van der Waals surface area contributed by atoms with Crippen molar-refractivity contribution in [2.45, 2.75) is 194 Å². The third-order valence-electron chi connectivity index (χ3n) is 7.90. The lowest BCUT2D eigenvalue weighted by molar-refractivity contribution is 0.219. The number of unbranched alkanes of at least 4 members (excludes halogenated alkanes) is 22. The lowest BCUT2D eigenvalue weighted by Gasteiger charge is -2.27. The third-order valence-corrected chi connectivity index (χ3v) is 7.90. The van der Waals surface area contributed by atoms with Crippen LogP contribution in [0.3, 0.4) is 0 Å². The first kappa shape index (κ1) is 33.0. The van der Waals surface area contributed by atoms with Gasteiger partial charge in [0.15, 0.2) is 0 Å². The summed E-state index contributed by atoms with van der Waals surface area (Å²) in [6, 6.07) is 0.834. The maximum atomic E-state index is 2.62. The minimum atomic E-state index is 0.834. The molecule has 0 amide bonds. The van der Waals surface area contributed by atoms with E-state index in [9.17, 15) is 0 Å². The van der Waals surface area contributed by atoms with E-state index in [4.69, 9.17) is 0 Å². The molecular formula is C32H67N. The van der Waals surface area contributed by atoms with Crippen molar-refractivity contribution in [2.75, 3.05) is 13.6 Å². The summed E-state index contributed by atoms with van der Waals surface area (Å²) in [5.74, 6) is 0. The van der Waals surface area contributed by atoms with E-state index in [0.29, 0.717) is 0 Å². The van der Waals surface area contributed by atoms with Gasteiger partial charge in [-0.15, -0.1) is 0 Å². The maximum Gasteiger partial charge on any atom is 0.00920 e. The van der Waals surface area contributed by atoms with E-state index in [1.165, 1.54) is 173 Å². The van der Waals surface area contributed by atoms with Gasteiger partial charge in [0.2, 0.25) is 0 Å². The Kier molecular flexibility index (Phi) is 28.2. The predicted molar refractivity (Wildman–Crippen MR) is 153 cm³/mol. The van der Waals surface area contributed by atoms with Gasteiger partial charge in [0, 0.05) is 6.04 Å². The van der Waals surface area contributed by atoms with Crippen LogP contribution >= 0.6 is 0 Å². The van der Waals surface area contributed by atoms with Gasteiger partial charge in [0.1, 0.15) is 0 Å². The van der Waals surface area contributed by atoms with Crippen LogP contribution in [0.25, 0.3) is 0 Å².